The van der Waals surface area contributed by atoms with Gasteiger partial charge in [-0.15, -0.1) is 11.3 Å². The molecule has 1 aromatic heterocycles. The molecule has 1 aromatic carbocycles. The Bertz CT molecular complexity index is 1110. The molecule has 1 saturated heterocycles. The van der Waals surface area contributed by atoms with E-state index in [1.54, 1.807) is 23.1 Å². The highest BCUT2D eigenvalue weighted by Gasteiger charge is 2.35. The number of rotatable bonds is 5. The van der Waals surface area contributed by atoms with E-state index in [1.165, 1.54) is 23.5 Å². The van der Waals surface area contributed by atoms with Gasteiger partial charge in [0.15, 0.2) is 0 Å². The molecule has 1 fully saturated rings. The monoisotopic (exact) mass is 474 g/mol. The quantitative estimate of drug-likeness (QED) is 0.693. The zero-order valence-electron chi connectivity index (χ0n) is 17.6. The van der Waals surface area contributed by atoms with Crippen molar-refractivity contribution < 1.29 is 18.0 Å². The van der Waals surface area contributed by atoms with Crippen molar-refractivity contribution in [2.24, 2.45) is 4.99 Å². The van der Waals surface area contributed by atoms with Crippen LogP contribution >= 0.6 is 11.3 Å². The van der Waals surface area contributed by atoms with Crippen LogP contribution in [0.5, 0.6) is 0 Å². The van der Waals surface area contributed by atoms with Crippen LogP contribution in [0.25, 0.3) is 0 Å². The second kappa shape index (κ2) is 9.83. The van der Waals surface area contributed by atoms with Gasteiger partial charge in [0, 0.05) is 25.2 Å². The molecule has 0 radical (unpaired) electrons. The van der Waals surface area contributed by atoms with Gasteiger partial charge in [-0.25, -0.2) is 8.42 Å². The normalized spacial score (nSPS) is 19.2. The van der Waals surface area contributed by atoms with Gasteiger partial charge in [-0.3, -0.25) is 19.3 Å². The molecule has 2 N–H and O–H groups in total. The van der Waals surface area contributed by atoms with Crippen molar-refractivity contribution >= 4 is 44.7 Å². The third kappa shape index (κ3) is 5.18. The third-order valence-electron chi connectivity index (χ3n) is 5.59. The number of hydrogen-bond donors (Lipinski definition) is 2. The molecule has 8 nitrogen and oxygen atoms in total. The number of carbonyl (C=O) groups excluding carboxylic acids is 2. The molecular formula is C22H26N4O4S2. The Morgan fingerprint density at radius 2 is 1.97 bits per heavy atom. The number of hydrogen-bond acceptors (Lipinski definition) is 6. The number of nitrogens with zero attached hydrogens (tertiary/aromatic N) is 2. The summed E-state index contributed by atoms with van der Waals surface area (Å²) in [5, 5.41) is 4.62. The van der Waals surface area contributed by atoms with Crippen molar-refractivity contribution in [3.05, 3.63) is 46.7 Å². The Labute approximate surface area is 191 Å². The molecule has 0 bridgehead atoms. The zero-order chi connectivity index (χ0) is 22.6. The number of amides is 2. The Kier molecular flexibility index (Phi) is 6.90. The maximum atomic E-state index is 12.9. The number of anilines is 1. The van der Waals surface area contributed by atoms with Crippen LogP contribution in [0.2, 0.25) is 0 Å². The number of benzene rings is 1. The van der Waals surface area contributed by atoms with Gasteiger partial charge in [-0.2, -0.15) is 0 Å². The van der Waals surface area contributed by atoms with Gasteiger partial charge < -0.3 is 10.2 Å². The lowest BCUT2D eigenvalue weighted by atomic mass is 10.2. The van der Waals surface area contributed by atoms with Crippen LogP contribution in [0, 0.1) is 0 Å². The fourth-order valence-corrected chi connectivity index (χ4v) is 5.78. The van der Waals surface area contributed by atoms with E-state index in [4.69, 9.17) is 0 Å². The lowest BCUT2D eigenvalue weighted by molar-refractivity contribution is -0.119. The number of sulfonamides is 1. The fourth-order valence-electron chi connectivity index (χ4n) is 3.96. The summed E-state index contributed by atoms with van der Waals surface area (Å²) in [5.74, 6) is 0.0102. The number of thiophene rings is 1. The predicted molar refractivity (Wildman–Crippen MR) is 125 cm³/mol. The molecule has 2 aliphatic heterocycles. The number of carbonyl (C=O) groups is 2. The average molecular weight is 475 g/mol. The molecule has 2 aromatic rings. The van der Waals surface area contributed by atoms with Gasteiger partial charge in [0.05, 0.1) is 9.77 Å². The highest BCUT2D eigenvalue weighted by molar-refractivity contribution is 7.90. The minimum absolute atomic E-state index is 0.0557. The molecular weight excluding hydrogens is 448 g/mol. The predicted octanol–water partition coefficient (Wildman–Crippen LogP) is 3.24. The van der Waals surface area contributed by atoms with Gasteiger partial charge in [0.2, 0.25) is 5.91 Å². The van der Waals surface area contributed by atoms with Crippen molar-refractivity contribution in [2.45, 2.75) is 49.5 Å². The summed E-state index contributed by atoms with van der Waals surface area (Å²) >= 11 is 1.35. The van der Waals surface area contributed by atoms with Crippen LogP contribution in [-0.4, -0.2) is 50.1 Å². The Balaban J connectivity index is 1.45. The van der Waals surface area contributed by atoms with Crippen molar-refractivity contribution in [3.63, 3.8) is 0 Å². The average Bonchev–Trinajstić information content (AvgIpc) is 3.43. The molecule has 10 heteroatoms. The van der Waals surface area contributed by atoms with Crippen LogP contribution in [-0.2, 0) is 14.8 Å². The Hall–Kier alpha value is -2.72. The summed E-state index contributed by atoms with van der Waals surface area (Å²) in [5.41, 5.74) is 0.371. The fraction of sp³-hybridized carbons (Fsp3) is 0.409. The van der Waals surface area contributed by atoms with Crippen LogP contribution < -0.4 is 10.0 Å². The van der Waals surface area contributed by atoms with Crippen LogP contribution in [0.3, 0.4) is 0 Å². The minimum atomic E-state index is -3.80. The summed E-state index contributed by atoms with van der Waals surface area (Å²) in [6.07, 6.45) is 4.81. The maximum Gasteiger partial charge on any atom is 0.264 e. The van der Waals surface area contributed by atoms with Crippen molar-refractivity contribution in [1.82, 2.24) is 9.62 Å². The lowest BCUT2D eigenvalue weighted by Crippen LogP contribution is -2.43. The van der Waals surface area contributed by atoms with E-state index in [0.717, 1.165) is 25.7 Å². The number of aliphatic imine (C=N–C) groups is 1. The molecule has 2 amide bonds. The van der Waals surface area contributed by atoms with Crippen molar-refractivity contribution in [2.75, 3.05) is 18.4 Å². The van der Waals surface area contributed by atoms with Gasteiger partial charge in [0.25, 0.3) is 15.9 Å². The molecule has 0 spiro atoms. The van der Waals surface area contributed by atoms with E-state index in [9.17, 15) is 18.0 Å². The zero-order valence-corrected chi connectivity index (χ0v) is 19.3. The Morgan fingerprint density at radius 3 is 2.78 bits per heavy atom. The van der Waals surface area contributed by atoms with Crippen molar-refractivity contribution in [3.8, 4) is 0 Å². The molecule has 0 aliphatic carbocycles. The molecule has 1 unspecified atom stereocenters. The summed E-state index contributed by atoms with van der Waals surface area (Å²) in [6, 6.07) is 9.12. The summed E-state index contributed by atoms with van der Waals surface area (Å²) in [4.78, 5) is 32.2. The lowest BCUT2D eigenvalue weighted by Gasteiger charge is -2.23. The number of amidine groups is 1. The topological polar surface area (TPSA) is 108 Å². The SMILES string of the molecule is O=C(Nc1cccc(S(=O)(=O)NC2=NCCCCC2)c1)C1CCCN1C(=O)c1cccs1. The van der Waals surface area contributed by atoms with Gasteiger partial charge in [-0.05, 0) is 55.3 Å². The van der Waals surface area contributed by atoms with E-state index in [1.807, 2.05) is 11.4 Å². The Morgan fingerprint density at radius 1 is 1.09 bits per heavy atom. The van der Waals surface area contributed by atoms with Crippen LogP contribution in [0.15, 0.2) is 51.7 Å². The molecule has 1 atom stereocenters. The van der Waals surface area contributed by atoms with E-state index in [2.05, 4.69) is 15.0 Å². The molecule has 4 rings (SSSR count). The van der Waals surface area contributed by atoms with E-state index >= 15 is 0 Å². The van der Waals surface area contributed by atoms with Gasteiger partial charge in [-0.1, -0.05) is 18.6 Å². The molecule has 32 heavy (non-hydrogen) atoms. The first-order valence-corrected chi connectivity index (χ1v) is 13.1. The second-order valence-corrected chi connectivity index (χ2v) is 10.5. The smallest absolute Gasteiger partial charge is 0.264 e. The van der Waals surface area contributed by atoms with Crippen molar-refractivity contribution in [1.29, 1.82) is 0 Å². The summed E-state index contributed by atoms with van der Waals surface area (Å²) < 4.78 is 28.2. The third-order valence-corrected chi connectivity index (χ3v) is 7.82. The van der Waals surface area contributed by atoms with Crippen LogP contribution in [0.4, 0.5) is 5.69 Å². The highest BCUT2D eigenvalue weighted by Crippen LogP contribution is 2.24. The highest BCUT2D eigenvalue weighted by atomic mass is 32.2. The van der Waals surface area contributed by atoms with E-state index in [-0.39, 0.29) is 16.7 Å². The van der Waals surface area contributed by atoms with Gasteiger partial charge >= 0.3 is 0 Å². The molecule has 2 aliphatic rings. The van der Waals surface area contributed by atoms with Gasteiger partial charge in [0.1, 0.15) is 11.9 Å². The first-order chi connectivity index (χ1) is 15.4. The maximum absolute atomic E-state index is 12.9. The second-order valence-electron chi connectivity index (χ2n) is 7.90. The number of likely N-dealkylation sites (tertiary alicyclic amines) is 1. The molecule has 3 heterocycles. The molecule has 170 valence electrons. The first kappa shape index (κ1) is 22.5. The number of nitrogens with one attached hydrogen (secondary N) is 2. The van der Waals surface area contributed by atoms with E-state index < -0.39 is 16.1 Å². The minimum Gasteiger partial charge on any atom is -0.326 e. The summed E-state index contributed by atoms with van der Waals surface area (Å²) in [6.45, 7) is 1.14. The summed E-state index contributed by atoms with van der Waals surface area (Å²) in [7, 11) is -3.80. The van der Waals surface area contributed by atoms with Crippen LogP contribution in [0.1, 0.15) is 48.2 Å². The first-order valence-electron chi connectivity index (χ1n) is 10.8. The van der Waals surface area contributed by atoms with E-state index in [0.29, 0.717) is 42.3 Å². The largest absolute Gasteiger partial charge is 0.326 e. The molecule has 0 saturated carbocycles. The standard InChI is InChI=1S/C22H26N4O4S2/c27-21(18-9-5-13-26(18)22(28)19-10-6-14-31-19)24-16-7-4-8-17(15-16)32(29,30)25-20-11-2-1-3-12-23-20/h4,6-8,10,14-15,18H,1-3,5,9,11-13H2,(H,23,25)(H,24,27).